The van der Waals surface area contributed by atoms with Gasteiger partial charge in [0, 0.05) is 46.8 Å². The molecule has 3 fully saturated rings. The van der Waals surface area contributed by atoms with E-state index in [4.69, 9.17) is 14.2 Å². The van der Waals surface area contributed by atoms with E-state index >= 15 is 0 Å². The third kappa shape index (κ3) is 6.13. The molecule has 0 radical (unpaired) electrons. The summed E-state index contributed by atoms with van der Waals surface area (Å²) in [5.41, 5.74) is 2.94. The molecular formula is C43H46N4O3. The topological polar surface area (TPSA) is 69.6 Å². The van der Waals surface area contributed by atoms with Gasteiger partial charge in [-0.2, -0.15) is 0 Å². The summed E-state index contributed by atoms with van der Waals surface area (Å²) in [6, 6.07) is 31.7. The van der Waals surface area contributed by atoms with Crippen LogP contribution in [0.1, 0.15) is 70.3 Å². The minimum absolute atomic E-state index is 0.212. The van der Waals surface area contributed by atoms with E-state index in [0.717, 1.165) is 53.2 Å². The van der Waals surface area contributed by atoms with Crippen LogP contribution in [-0.2, 0) is 0 Å². The van der Waals surface area contributed by atoms with E-state index in [0.29, 0.717) is 17.7 Å². The lowest BCUT2D eigenvalue weighted by Crippen LogP contribution is -2.56. The van der Waals surface area contributed by atoms with Crippen LogP contribution in [-0.4, -0.2) is 46.3 Å². The van der Waals surface area contributed by atoms with Gasteiger partial charge in [-0.05, 0) is 89.2 Å². The Kier molecular flexibility index (Phi) is 8.55. The summed E-state index contributed by atoms with van der Waals surface area (Å²) in [7, 11) is 1.70. The van der Waals surface area contributed by atoms with Crippen molar-refractivity contribution in [1.29, 1.82) is 0 Å². The highest BCUT2D eigenvalue weighted by Gasteiger charge is 2.44. The maximum atomic E-state index is 6.91. The zero-order valence-corrected chi connectivity index (χ0v) is 29.7. The predicted octanol–water partition coefficient (Wildman–Crippen LogP) is 9.75. The molecule has 50 heavy (non-hydrogen) atoms. The van der Waals surface area contributed by atoms with Gasteiger partial charge >= 0.3 is 0 Å². The van der Waals surface area contributed by atoms with Crippen LogP contribution in [0.4, 0.5) is 0 Å². The first kappa shape index (κ1) is 32.5. The highest BCUT2D eigenvalue weighted by Crippen LogP contribution is 2.45. The molecular weight excluding hydrogens is 620 g/mol. The van der Waals surface area contributed by atoms with Crippen molar-refractivity contribution in [2.45, 2.75) is 65.2 Å². The van der Waals surface area contributed by atoms with Gasteiger partial charge < -0.3 is 14.2 Å². The van der Waals surface area contributed by atoms with Crippen LogP contribution in [0.2, 0.25) is 0 Å². The Hall–Kier alpha value is -4.75. The van der Waals surface area contributed by atoms with Crippen molar-refractivity contribution in [2.75, 3.05) is 20.2 Å². The summed E-state index contributed by atoms with van der Waals surface area (Å²) in [5.74, 6) is 3.19. The van der Waals surface area contributed by atoms with Crippen molar-refractivity contribution in [3.05, 3.63) is 108 Å². The van der Waals surface area contributed by atoms with E-state index in [-0.39, 0.29) is 23.7 Å². The maximum absolute atomic E-state index is 6.91. The normalized spacial score (nSPS) is 21.7. The van der Waals surface area contributed by atoms with Crippen LogP contribution in [0.5, 0.6) is 17.5 Å². The maximum Gasteiger partial charge on any atom is 0.234 e. The van der Waals surface area contributed by atoms with E-state index in [9.17, 15) is 0 Å². The number of methoxy groups -OCH3 is 1. The van der Waals surface area contributed by atoms with Crippen LogP contribution in [0.3, 0.4) is 0 Å². The quantitative estimate of drug-likeness (QED) is 0.142. The monoisotopic (exact) mass is 666 g/mol. The van der Waals surface area contributed by atoms with E-state index in [1.54, 1.807) is 7.11 Å². The number of ether oxygens (including phenoxy) is 3. The molecule has 0 amide bonds. The molecule has 0 aliphatic carbocycles. The van der Waals surface area contributed by atoms with Gasteiger partial charge in [0.2, 0.25) is 11.8 Å². The van der Waals surface area contributed by atoms with Crippen LogP contribution >= 0.6 is 0 Å². The Morgan fingerprint density at radius 2 is 1.56 bits per heavy atom. The molecule has 3 saturated heterocycles. The van der Waals surface area contributed by atoms with Crippen LogP contribution in [0, 0.1) is 17.3 Å². The third-order valence-corrected chi connectivity index (χ3v) is 11.1. The number of benzene rings is 4. The number of rotatable bonds is 9. The first-order valence-electron chi connectivity index (χ1n) is 18.0. The Balaban J connectivity index is 1.12. The SMILES string of the molecule is CC[C@H]1CN2CC[C@H]1C[C@@H]2[C@@H](Oc1ccc(O[C@@H](c2cccc3cc4ccccc4cc23)C(C)(C)C)nn1)c1ccnc2ccc(OC)cc12. The second kappa shape index (κ2) is 13.2. The third-order valence-electron chi connectivity index (χ3n) is 11.1. The fourth-order valence-electron chi connectivity index (χ4n) is 8.44. The standard InChI is InChI=1S/C43H46N4O3/c1-6-27-26-47-21-19-30(27)24-38(47)41(33-18-20-44-37-15-14-32(48-5)25-36(33)37)49-39-16-17-40(46-45-39)50-42(43(2,3)4)34-13-9-12-31-22-28-10-7-8-11-29(28)23-35(31)34/h7-18,20,22-23,25,27,30,38,41-42H,6,19,21,24,26H2,1-5H3/t27-,30-,38+,41-,42-/m0/s1. The van der Waals surface area contributed by atoms with Crippen LogP contribution in [0.15, 0.2) is 97.2 Å². The van der Waals surface area contributed by atoms with Crippen molar-refractivity contribution < 1.29 is 14.2 Å². The van der Waals surface area contributed by atoms with Gasteiger partial charge in [-0.15, -0.1) is 10.2 Å². The average Bonchev–Trinajstić information content (AvgIpc) is 3.14. The predicted molar refractivity (Wildman–Crippen MR) is 200 cm³/mol. The number of piperidine rings is 3. The fraction of sp³-hybridized carbons (Fsp3) is 0.372. The zero-order chi connectivity index (χ0) is 34.4. The van der Waals surface area contributed by atoms with Gasteiger partial charge in [0.15, 0.2) is 0 Å². The number of hydrogen-bond donors (Lipinski definition) is 0. The Morgan fingerprint density at radius 3 is 2.26 bits per heavy atom. The number of nitrogens with zero attached hydrogens (tertiary/aromatic N) is 4. The Bertz CT molecular complexity index is 2140. The molecule has 2 bridgehead atoms. The number of hydrogen-bond acceptors (Lipinski definition) is 7. The van der Waals surface area contributed by atoms with Crippen molar-refractivity contribution in [1.82, 2.24) is 20.1 Å². The molecule has 5 heterocycles. The molecule has 0 spiro atoms. The molecule has 0 saturated carbocycles. The molecule has 7 heteroatoms. The van der Waals surface area contributed by atoms with Gasteiger partial charge in [0.1, 0.15) is 18.0 Å². The van der Waals surface area contributed by atoms with Crippen molar-refractivity contribution in [3.8, 4) is 17.5 Å². The van der Waals surface area contributed by atoms with Gasteiger partial charge in [0.25, 0.3) is 0 Å². The number of pyridine rings is 1. The molecule has 7 nitrogen and oxygen atoms in total. The molecule has 6 atom stereocenters. The molecule has 256 valence electrons. The van der Waals surface area contributed by atoms with Gasteiger partial charge in [-0.3, -0.25) is 9.88 Å². The highest BCUT2D eigenvalue weighted by molar-refractivity contribution is 5.99. The average molecular weight is 667 g/mol. The highest BCUT2D eigenvalue weighted by atomic mass is 16.5. The smallest absolute Gasteiger partial charge is 0.234 e. The largest absolute Gasteiger partial charge is 0.497 e. The molecule has 6 aromatic rings. The number of aromatic nitrogens is 3. The minimum Gasteiger partial charge on any atom is -0.497 e. The van der Waals surface area contributed by atoms with Gasteiger partial charge in [0.05, 0.1) is 18.7 Å². The summed E-state index contributed by atoms with van der Waals surface area (Å²) in [4.78, 5) is 7.31. The minimum atomic E-state index is -0.253. The van der Waals surface area contributed by atoms with E-state index in [1.165, 1.54) is 34.4 Å². The summed E-state index contributed by atoms with van der Waals surface area (Å²) >= 11 is 0. The first-order valence-corrected chi connectivity index (χ1v) is 18.0. The summed E-state index contributed by atoms with van der Waals surface area (Å²) in [6.07, 6.45) is 4.95. The molecule has 3 aliphatic heterocycles. The second-order valence-corrected chi connectivity index (χ2v) is 15.2. The second-order valence-electron chi connectivity index (χ2n) is 15.2. The molecule has 1 unspecified atom stereocenters. The fourth-order valence-corrected chi connectivity index (χ4v) is 8.44. The van der Waals surface area contributed by atoms with E-state index in [1.807, 2.05) is 30.5 Å². The van der Waals surface area contributed by atoms with Gasteiger partial charge in [-0.25, -0.2) is 0 Å². The molecule has 0 N–H and O–H groups in total. The zero-order valence-electron chi connectivity index (χ0n) is 29.7. The van der Waals surface area contributed by atoms with Crippen LogP contribution < -0.4 is 14.2 Å². The van der Waals surface area contributed by atoms with Gasteiger partial charge in [-0.1, -0.05) is 76.6 Å². The number of fused-ring (bicyclic) bond motifs is 6. The Morgan fingerprint density at radius 1 is 0.800 bits per heavy atom. The van der Waals surface area contributed by atoms with Crippen molar-refractivity contribution >= 4 is 32.4 Å². The van der Waals surface area contributed by atoms with E-state index in [2.05, 4.69) is 115 Å². The van der Waals surface area contributed by atoms with Crippen molar-refractivity contribution in [3.63, 3.8) is 0 Å². The summed E-state index contributed by atoms with van der Waals surface area (Å²) < 4.78 is 19.3. The lowest BCUT2D eigenvalue weighted by atomic mass is 9.72. The van der Waals surface area contributed by atoms with Crippen LogP contribution in [0.25, 0.3) is 32.4 Å². The molecule has 3 aliphatic rings. The first-order chi connectivity index (χ1) is 24.3. The summed E-state index contributed by atoms with van der Waals surface area (Å²) in [6.45, 7) is 11.1. The molecule has 9 rings (SSSR count). The van der Waals surface area contributed by atoms with Crippen molar-refractivity contribution in [2.24, 2.45) is 17.3 Å². The summed E-state index contributed by atoms with van der Waals surface area (Å²) in [5, 5.41) is 15.1. The van der Waals surface area contributed by atoms with E-state index < -0.39 is 0 Å². The lowest BCUT2D eigenvalue weighted by molar-refractivity contribution is -0.0496. The lowest BCUT2D eigenvalue weighted by Gasteiger charge is -2.51. The molecule has 4 aromatic carbocycles. The molecule has 2 aromatic heterocycles. The Labute approximate surface area is 294 Å².